The van der Waals surface area contributed by atoms with E-state index in [2.05, 4.69) is 4.98 Å². The Morgan fingerprint density at radius 3 is 2.74 bits per heavy atom. The molecule has 0 saturated carbocycles. The maximum atomic E-state index is 13.0. The molecule has 0 radical (unpaired) electrons. The molecule has 0 spiro atoms. The van der Waals surface area contributed by atoms with Crippen molar-refractivity contribution < 1.29 is 19.2 Å². The van der Waals surface area contributed by atoms with Crippen molar-refractivity contribution in [2.45, 2.75) is 6.61 Å². The van der Waals surface area contributed by atoms with Crippen LogP contribution in [-0.2, 0) is 6.61 Å². The fraction of sp³-hybridized carbons (Fsp3) is 0.0833. The van der Waals surface area contributed by atoms with Gasteiger partial charge in [0.05, 0.1) is 11.2 Å². The fourth-order valence-corrected chi connectivity index (χ4v) is 1.65. The summed E-state index contributed by atoms with van der Waals surface area (Å²) in [5, 5.41) is 18.0. The lowest BCUT2D eigenvalue weighted by Crippen LogP contribution is -2.30. The minimum Gasteiger partial charge on any atom is -0.487 e. The number of rotatable bonds is 4. The minimum absolute atomic E-state index is 0.0266. The maximum Gasteiger partial charge on any atom is 0.490 e. The van der Waals surface area contributed by atoms with Crippen molar-refractivity contribution in [3.63, 3.8) is 0 Å². The molecule has 4 nitrogen and oxygen atoms in total. The highest BCUT2D eigenvalue weighted by molar-refractivity contribution is 6.58. The second kappa shape index (κ2) is 6.01. The van der Waals surface area contributed by atoms with E-state index < -0.39 is 12.9 Å². The molecule has 0 fully saturated rings. The first-order chi connectivity index (χ1) is 9.06. The van der Waals surface area contributed by atoms with Crippen LogP contribution in [0.15, 0.2) is 36.7 Å². The summed E-state index contributed by atoms with van der Waals surface area (Å²) in [4.78, 5) is 3.82. The van der Waals surface area contributed by atoms with Crippen LogP contribution < -0.4 is 10.2 Å². The van der Waals surface area contributed by atoms with Gasteiger partial charge in [-0.15, -0.1) is 0 Å². The van der Waals surface area contributed by atoms with E-state index >= 15 is 0 Å². The molecular weight excluding hydrogens is 271 g/mol. The third kappa shape index (κ3) is 3.67. The Morgan fingerprint density at radius 1 is 1.26 bits per heavy atom. The van der Waals surface area contributed by atoms with Crippen molar-refractivity contribution in [3.8, 4) is 5.75 Å². The SMILES string of the molecule is OB(O)c1cncc(OCc2ccc(F)c(Cl)c2)c1. The fourth-order valence-electron chi connectivity index (χ4n) is 1.45. The number of hydrogen-bond acceptors (Lipinski definition) is 4. The van der Waals surface area contributed by atoms with Crippen LogP contribution in [-0.4, -0.2) is 22.2 Å². The summed E-state index contributed by atoms with van der Waals surface area (Å²) in [6.07, 6.45) is 2.77. The van der Waals surface area contributed by atoms with E-state index in [1.54, 1.807) is 6.07 Å². The molecule has 0 saturated heterocycles. The molecule has 19 heavy (non-hydrogen) atoms. The van der Waals surface area contributed by atoms with Crippen molar-refractivity contribution >= 4 is 24.2 Å². The van der Waals surface area contributed by atoms with Crippen LogP contribution in [0.4, 0.5) is 4.39 Å². The molecule has 2 aromatic rings. The van der Waals surface area contributed by atoms with Gasteiger partial charge in [0.1, 0.15) is 18.2 Å². The van der Waals surface area contributed by atoms with Gasteiger partial charge in [-0.2, -0.15) is 0 Å². The smallest absolute Gasteiger partial charge is 0.487 e. The lowest BCUT2D eigenvalue weighted by Gasteiger charge is -2.08. The lowest BCUT2D eigenvalue weighted by atomic mass is 9.82. The Kier molecular flexibility index (Phi) is 4.37. The highest BCUT2D eigenvalue weighted by Crippen LogP contribution is 2.17. The molecule has 2 N–H and O–H groups in total. The van der Waals surface area contributed by atoms with E-state index in [1.165, 1.54) is 30.6 Å². The monoisotopic (exact) mass is 281 g/mol. The van der Waals surface area contributed by atoms with Crippen molar-refractivity contribution in [2.75, 3.05) is 0 Å². The molecule has 0 aliphatic heterocycles. The number of benzene rings is 1. The first-order valence-electron chi connectivity index (χ1n) is 5.44. The predicted octanol–water partition coefficient (Wildman–Crippen LogP) is 1.13. The number of halogens is 2. The summed E-state index contributed by atoms with van der Waals surface area (Å²) >= 11 is 5.65. The largest absolute Gasteiger partial charge is 0.490 e. The first-order valence-corrected chi connectivity index (χ1v) is 5.82. The molecule has 0 bridgehead atoms. The molecule has 2 rings (SSSR count). The van der Waals surface area contributed by atoms with E-state index in [0.717, 1.165) is 0 Å². The normalized spacial score (nSPS) is 10.3. The Morgan fingerprint density at radius 2 is 2.05 bits per heavy atom. The van der Waals surface area contributed by atoms with Crippen LogP contribution in [0.25, 0.3) is 0 Å². The van der Waals surface area contributed by atoms with Crippen LogP contribution in [0.1, 0.15) is 5.56 Å². The quantitative estimate of drug-likeness (QED) is 0.825. The summed E-state index contributed by atoms with van der Waals surface area (Å²) in [6, 6.07) is 5.74. The van der Waals surface area contributed by atoms with Gasteiger partial charge in [0.15, 0.2) is 0 Å². The molecule has 0 aliphatic carbocycles. The summed E-state index contributed by atoms with van der Waals surface area (Å²) in [7, 11) is -1.60. The molecule has 1 aromatic carbocycles. The van der Waals surface area contributed by atoms with E-state index in [1.807, 2.05) is 0 Å². The van der Waals surface area contributed by atoms with Crippen molar-refractivity contribution in [1.29, 1.82) is 0 Å². The van der Waals surface area contributed by atoms with Crippen LogP contribution in [0.2, 0.25) is 5.02 Å². The van der Waals surface area contributed by atoms with Crippen LogP contribution in [0.5, 0.6) is 5.75 Å². The van der Waals surface area contributed by atoms with Gasteiger partial charge in [-0.25, -0.2) is 4.39 Å². The van der Waals surface area contributed by atoms with Gasteiger partial charge in [0, 0.05) is 11.7 Å². The second-order valence-corrected chi connectivity index (χ2v) is 4.27. The highest BCUT2D eigenvalue weighted by atomic mass is 35.5. The van der Waals surface area contributed by atoms with Crippen molar-refractivity contribution in [2.24, 2.45) is 0 Å². The highest BCUT2D eigenvalue weighted by Gasteiger charge is 2.12. The van der Waals surface area contributed by atoms with Gasteiger partial charge in [-0.3, -0.25) is 4.98 Å². The molecule has 98 valence electrons. The number of aromatic nitrogens is 1. The zero-order valence-electron chi connectivity index (χ0n) is 9.75. The molecule has 1 aromatic heterocycles. The van der Waals surface area contributed by atoms with Gasteiger partial charge in [-0.05, 0) is 23.8 Å². The number of hydrogen-bond donors (Lipinski definition) is 2. The molecule has 0 amide bonds. The molecule has 0 aliphatic rings. The van der Waals surface area contributed by atoms with Crippen molar-refractivity contribution in [1.82, 2.24) is 4.98 Å². The van der Waals surface area contributed by atoms with Gasteiger partial charge >= 0.3 is 7.12 Å². The summed E-state index contributed by atoms with van der Waals surface area (Å²) in [6.45, 7) is 0.173. The maximum absolute atomic E-state index is 13.0. The number of nitrogens with zero attached hydrogens (tertiary/aromatic N) is 1. The third-order valence-electron chi connectivity index (χ3n) is 2.42. The van der Waals surface area contributed by atoms with Gasteiger partial charge in [0.25, 0.3) is 0 Å². The van der Waals surface area contributed by atoms with E-state index in [4.69, 9.17) is 26.4 Å². The van der Waals surface area contributed by atoms with Gasteiger partial charge in [0.2, 0.25) is 0 Å². The molecule has 0 unspecified atom stereocenters. The minimum atomic E-state index is -1.60. The summed E-state index contributed by atoms with van der Waals surface area (Å²) in [5.41, 5.74) is 0.927. The summed E-state index contributed by atoms with van der Waals surface area (Å²) < 4.78 is 18.4. The topological polar surface area (TPSA) is 62.6 Å². The van der Waals surface area contributed by atoms with Gasteiger partial charge < -0.3 is 14.8 Å². The van der Waals surface area contributed by atoms with Crippen LogP contribution in [0.3, 0.4) is 0 Å². The third-order valence-corrected chi connectivity index (χ3v) is 2.71. The lowest BCUT2D eigenvalue weighted by molar-refractivity contribution is 0.305. The summed E-state index contributed by atoms with van der Waals surface area (Å²) in [5.74, 6) is -0.108. The molecular formula is C12H10BClFNO3. The molecule has 7 heteroatoms. The second-order valence-electron chi connectivity index (χ2n) is 3.86. The number of pyridine rings is 1. The van der Waals surface area contributed by atoms with E-state index in [9.17, 15) is 4.39 Å². The Hall–Kier alpha value is -1.63. The van der Waals surface area contributed by atoms with E-state index in [-0.39, 0.29) is 17.1 Å². The predicted molar refractivity (Wildman–Crippen MR) is 69.8 cm³/mol. The average molecular weight is 281 g/mol. The Bertz CT molecular complexity index is 583. The standard InChI is InChI=1S/C12H10BClFNO3/c14-11-3-8(1-2-12(11)15)7-19-10-4-9(13(17)18)5-16-6-10/h1-6,17-18H,7H2. The van der Waals surface area contributed by atoms with Crippen LogP contribution in [0, 0.1) is 5.82 Å². The zero-order chi connectivity index (χ0) is 13.8. The zero-order valence-corrected chi connectivity index (χ0v) is 10.5. The number of ether oxygens (including phenoxy) is 1. The Balaban J connectivity index is 2.05. The average Bonchev–Trinajstić information content (AvgIpc) is 2.40. The molecule has 1 heterocycles. The Labute approximate surface area is 114 Å². The van der Waals surface area contributed by atoms with Crippen LogP contribution >= 0.6 is 11.6 Å². The first kappa shape index (κ1) is 13.8. The van der Waals surface area contributed by atoms with E-state index in [0.29, 0.717) is 11.3 Å². The van der Waals surface area contributed by atoms with Crippen molar-refractivity contribution in [3.05, 3.63) is 53.1 Å². The molecule has 0 atom stereocenters. The van der Waals surface area contributed by atoms with Gasteiger partial charge in [-0.1, -0.05) is 17.7 Å².